The molecule has 1 rings (SSSR count). The van der Waals surface area contributed by atoms with Crippen LogP contribution in [0.25, 0.3) is 0 Å². The van der Waals surface area contributed by atoms with E-state index in [1.54, 1.807) is 0 Å². The molecule has 0 aliphatic carbocycles. The third kappa shape index (κ3) is 2.43. The Labute approximate surface area is 64.4 Å². The molecule has 1 N–H and O–H groups in total. The number of likely N-dealkylation sites (tertiary alicyclic amines) is 1. The Morgan fingerprint density at radius 2 is 1.91 bits per heavy atom. The second-order valence-electron chi connectivity index (χ2n) is 2.94. The molecule has 11 heavy (non-hydrogen) atoms. The molecule has 1 fully saturated rings. The van der Waals surface area contributed by atoms with Crippen molar-refractivity contribution >= 4 is 0 Å². The Hall–Kier alpha value is -0.690. The number of alkyl halides is 2. The molecule has 2 nitrogen and oxygen atoms in total. The summed E-state index contributed by atoms with van der Waals surface area (Å²) >= 11 is 0. The minimum atomic E-state index is -2.47. The first-order valence-electron chi connectivity index (χ1n) is 3.72. The highest BCUT2D eigenvalue weighted by molar-refractivity contribution is 4.71. The van der Waals surface area contributed by atoms with Gasteiger partial charge < -0.3 is 4.90 Å². The summed E-state index contributed by atoms with van der Waals surface area (Å²) in [4.78, 5) is 0.985. The van der Waals surface area contributed by atoms with Crippen molar-refractivity contribution in [2.75, 3.05) is 19.6 Å². The topological polar surface area (TPSA) is 28.2 Å². The second kappa shape index (κ2) is 3.14. The highest BCUT2D eigenvalue weighted by Crippen LogP contribution is 2.22. The maximum Gasteiger partial charge on any atom is 0.258 e. The van der Waals surface area contributed by atoms with Crippen molar-refractivity contribution in [2.45, 2.75) is 18.8 Å². The number of piperidine rings is 1. The number of nitrogens with zero attached hydrogens (tertiary/aromatic N) is 1. The summed E-state index contributed by atoms with van der Waals surface area (Å²) < 4.78 is 25.0. The van der Waals surface area contributed by atoms with E-state index in [4.69, 9.17) is 5.26 Å². The quantitative estimate of drug-likeness (QED) is 0.531. The summed E-state index contributed by atoms with van der Waals surface area (Å²) in [5.74, 6) is -2.47. The van der Waals surface area contributed by atoms with Crippen LogP contribution in [-0.2, 0) is 0 Å². The van der Waals surface area contributed by atoms with Crippen LogP contribution in [0.3, 0.4) is 0 Å². The monoisotopic (exact) mass is 161 g/mol. The standard InChI is InChI=1S/C7H10F2N2/c8-7(9)1-4-11(5-2-7)6-3-10/h1-2,4-6H2/p+1. The Morgan fingerprint density at radius 3 is 2.36 bits per heavy atom. The van der Waals surface area contributed by atoms with Crippen molar-refractivity contribution in [3.63, 3.8) is 0 Å². The van der Waals surface area contributed by atoms with E-state index in [2.05, 4.69) is 0 Å². The molecule has 1 aliphatic rings. The average molecular weight is 161 g/mol. The normalized spacial score (nSPS) is 24.5. The maximum absolute atomic E-state index is 12.5. The maximum atomic E-state index is 12.5. The molecule has 0 spiro atoms. The van der Waals surface area contributed by atoms with Gasteiger partial charge in [0.05, 0.1) is 25.9 Å². The highest BCUT2D eigenvalue weighted by atomic mass is 19.3. The van der Waals surface area contributed by atoms with Crippen molar-refractivity contribution in [3.8, 4) is 6.07 Å². The van der Waals surface area contributed by atoms with Crippen molar-refractivity contribution < 1.29 is 13.7 Å². The fourth-order valence-corrected chi connectivity index (χ4v) is 1.26. The summed E-state index contributed by atoms with van der Waals surface area (Å²) in [6.45, 7) is 1.22. The van der Waals surface area contributed by atoms with Gasteiger partial charge in [0, 0.05) is 0 Å². The first-order chi connectivity index (χ1) is 5.14. The third-order valence-corrected chi connectivity index (χ3v) is 2.02. The van der Waals surface area contributed by atoms with Crippen molar-refractivity contribution in [1.29, 1.82) is 5.26 Å². The number of hydrogen-bond donors (Lipinski definition) is 1. The van der Waals surface area contributed by atoms with Gasteiger partial charge in [-0.05, 0) is 0 Å². The summed E-state index contributed by atoms with van der Waals surface area (Å²) in [7, 11) is 0. The fraction of sp³-hybridized carbons (Fsp3) is 0.857. The second-order valence-corrected chi connectivity index (χ2v) is 2.94. The van der Waals surface area contributed by atoms with Crippen LogP contribution >= 0.6 is 0 Å². The van der Waals surface area contributed by atoms with Gasteiger partial charge in [0.15, 0.2) is 6.54 Å². The van der Waals surface area contributed by atoms with Crippen LogP contribution < -0.4 is 4.90 Å². The van der Waals surface area contributed by atoms with Crippen LogP contribution in [0.4, 0.5) is 8.78 Å². The first-order valence-corrected chi connectivity index (χ1v) is 3.72. The SMILES string of the molecule is N#CC[NH+]1CCC(F)(F)CC1. The van der Waals surface area contributed by atoms with Gasteiger partial charge in [-0.25, -0.2) is 8.78 Å². The van der Waals surface area contributed by atoms with Gasteiger partial charge in [-0.1, -0.05) is 0 Å². The predicted octanol–water partition coefficient (Wildman–Crippen LogP) is -0.176. The molecule has 0 amide bonds. The van der Waals surface area contributed by atoms with E-state index < -0.39 is 5.92 Å². The lowest BCUT2D eigenvalue weighted by atomic mass is 10.1. The Bertz CT molecular complexity index is 164. The van der Waals surface area contributed by atoms with Gasteiger partial charge in [0.2, 0.25) is 0 Å². The van der Waals surface area contributed by atoms with Gasteiger partial charge in [-0.3, -0.25) is 0 Å². The molecule has 0 aromatic rings. The van der Waals surface area contributed by atoms with Crippen molar-refractivity contribution in [1.82, 2.24) is 0 Å². The Kier molecular flexibility index (Phi) is 2.40. The van der Waals surface area contributed by atoms with E-state index in [0.29, 0.717) is 19.6 Å². The largest absolute Gasteiger partial charge is 0.323 e. The molecule has 1 aliphatic heterocycles. The van der Waals surface area contributed by atoms with Crippen molar-refractivity contribution in [3.05, 3.63) is 0 Å². The summed E-state index contributed by atoms with van der Waals surface area (Å²) in [5, 5.41) is 8.29. The van der Waals surface area contributed by atoms with Crippen LogP contribution in [0.1, 0.15) is 12.8 Å². The third-order valence-electron chi connectivity index (χ3n) is 2.02. The molecule has 0 unspecified atom stereocenters. The van der Waals surface area contributed by atoms with E-state index >= 15 is 0 Å². The number of quaternary nitrogens is 1. The van der Waals surface area contributed by atoms with Gasteiger partial charge >= 0.3 is 0 Å². The molecule has 0 aromatic heterocycles. The van der Waals surface area contributed by atoms with E-state index in [9.17, 15) is 8.78 Å². The van der Waals surface area contributed by atoms with Crippen LogP contribution in [0, 0.1) is 11.3 Å². The molecule has 0 radical (unpaired) electrons. The number of halogens is 2. The fourth-order valence-electron chi connectivity index (χ4n) is 1.26. The summed E-state index contributed by atoms with van der Waals surface area (Å²) in [5.41, 5.74) is 0. The smallest absolute Gasteiger partial charge is 0.258 e. The van der Waals surface area contributed by atoms with Gasteiger partial charge in [0.1, 0.15) is 6.07 Å². The van der Waals surface area contributed by atoms with Crippen molar-refractivity contribution in [2.24, 2.45) is 0 Å². The minimum Gasteiger partial charge on any atom is -0.323 e. The summed E-state index contributed by atoms with van der Waals surface area (Å²) in [6, 6.07) is 1.98. The number of rotatable bonds is 1. The lowest BCUT2D eigenvalue weighted by molar-refractivity contribution is -0.901. The molecular weight excluding hydrogens is 150 g/mol. The molecule has 0 bridgehead atoms. The van der Waals surface area contributed by atoms with Gasteiger partial charge in [-0.2, -0.15) is 5.26 Å². The number of hydrogen-bond acceptors (Lipinski definition) is 1. The molecule has 0 aromatic carbocycles. The van der Waals surface area contributed by atoms with E-state index in [-0.39, 0.29) is 12.8 Å². The van der Waals surface area contributed by atoms with Gasteiger partial charge in [0.25, 0.3) is 5.92 Å². The molecule has 0 saturated carbocycles. The molecule has 62 valence electrons. The Balaban J connectivity index is 2.32. The zero-order valence-electron chi connectivity index (χ0n) is 6.24. The molecule has 4 heteroatoms. The van der Waals surface area contributed by atoms with E-state index in [1.165, 1.54) is 0 Å². The zero-order valence-corrected chi connectivity index (χ0v) is 6.24. The number of nitriles is 1. The number of nitrogens with one attached hydrogen (secondary N) is 1. The van der Waals surface area contributed by atoms with E-state index in [1.807, 2.05) is 6.07 Å². The minimum absolute atomic E-state index is 0.0655. The van der Waals surface area contributed by atoms with E-state index in [0.717, 1.165) is 4.90 Å². The van der Waals surface area contributed by atoms with Crippen LogP contribution in [-0.4, -0.2) is 25.6 Å². The molecule has 1 saturated heterocycles. The Morgan fingerprint density at radius 1 is 1.36 bits per heavy atom. The molecule has 1 heterocycles. The predicted molar refractivity (Wildman–Crippen MR) is 35.4 cm³/mol. The lowest BCUT2D eigenvalue weighted by Crippen LogP contribution is -3.13. The zero-order chi connectivity index (χ0) is 8.32. The molecular formula is C7H11F2N2+. The van der Waals surface area contributed by atoms with Crippen LogP contribution in [0.2, 0.25) is 0 Å². The van der Waals surface area contributed by atoms with Crippen LogP contribution in [0.5, 0.6) is 0 Å². The lowest BCUT2D eigenvalue weighted by Gasteiger charge is -2.27. The first kappa shape index (κ1) is 8.41. The van der Waals surface area contributed by atoms with Crippen LogP contribution in [0.15, 0.2) is 0 Å². The summed E-state index contributed by atoms with van der Waals surface area (Å²) in [6.07, 6.45) is -0.131. The molecule has 0 atom stereocenters. The highest BCUT2D eigenvalue weighted by Gasteiger charge is 2.36. The van der Waals surface area contributed by atoms with Gasteiger partial charge in [-0.15, -0.1) is 0 Å². The average Bonchev–Trinajstić information content (AvgIpc) is 1.94.